The van der Waals surface area contributed by atoms with Crippen molar-refractivity contribution in [2.45, 2.75) is 20.0 Å². The molecule has 2 aromatic rings. The minimum absolute atomic E-state index is 0.414. The van der Waals surface area contributed by atoms with E-state index in [2.05, 4.69) is 21.8 Å². The van der Waals surface area contributed by atoms with Crippen LogP contribution >= 0.6 is 0 Å². The van der Waals surface area contributed by atoms with Crippen molar-refractivity contribution in [3.05, 3.63) is 48.0 Å². The Morgan fingerprint density at radius 2 is 2.11 bits per heavy atom. The molecular weight excluding hydrogens is 228 g/mol. The minimum atomic E-state index is -0.414. The van der Waals surface area contributed by atoms with Gasteiger partial charge in [-0.25, -0.2) is 4.98 Å². The molecule has 0 saturated carbocycles. The molecule has 0 fully saturated rings. The van der Waals surface area contributed by atoms with E-state index in [1.807, 2.05) is 18.3 Å². The van der Waals surface area contributed by atoms with Gasteiger partial charge in [-0.1, -0.05) is 0 Å². The van der Waals surface area contributed by atoms with Gasteiger partial charge in [-0.3, -0.25) is 4.79 Å². The Bertz CT molecular complexity index is 530. The molecule has 0 aliphatic heterocycles. The van der Waals surface area contributed by atoms with Crippen LogP contribution in [-0.4, -0.2) is 15.5 Å². The van der Waals surface area contributed by atoms with Gasteiger partial charge in [0.25, 0.3) is 0 Å². The van der Waals surface area contributed by atoms with Gasteiger partial charge < -0.3 is 15.6 Å². The highest BCUT2D eigenvalue weighted by Crippen LogP contribution is 2.10. The molecule has 0 radical (unpaired) electrons. The number of aromatic nitrogens is 2. The SMILES string of the molecule is CCn1ccnc1CNc1ccc(C(N)=O)cc1. The number of carbonyl (C=O) groups excluding carboxylic acids is 1. The van der Waals surface area contributed by atoms with E-state index in [-0.39, 0.29) is 0 Å². The average molecular weight is 244 g/mol. The highest BCUT2D eigenvalue weighted by Gasteiger charge is 2.02. The monoisotopic (exact) mass is 244 g/mol. The smallest absolute Gasteiger partial charge is 0.248 e. The van der Waals surface area contributed by atoms with Crippen LogP contribution in [-0.2, 0) is 13.1 Å². The number of aryl methyl sites for hydroxylation is 1. The third-order valence-electron chi connectivity index (χ3n) is 2.76. The molecule has 1 heterocycles. The van der Waals surface area contributed by atoms with Gasteiger partial charge in [-0.15, -0.1) is 0 Å². The summed E-state index contributed by atoms with van der Waals surface area (Å²) in [6.07, 6.45) is 3.74. The summed E-state index contributed by atoms with van der Waals surface area (Å²) in [6, 6.07) is 7.08. The third kappa shape index (κ3) is 2.68. The van der Waals surface area contributed by atoms with Crippen molar-refractivity contribution in [3.63, 3.8) is 0 Å². The van der Waals surface area contributed by atoms with Crippen LogP contribution in [0.3, 0.4) is 0 Å². The number of nitrogens with two attached hydrogens (primary N) is 1. The fraction of sp³-hybridized carbons (Fsp3) is 0.231. The highest BCUT2D eigenvalue weighted by molar-refractivity contribution is 5.93. The first-order chi connectivity index (χ1) is 8.70. The van der Waals surface area contributed by atoms with Crippen LogP contribution in [0.5, 0.6) is 0 Å². The largest absolute Gasteiger partial charge is 0.378 e. The van der Waals surface area contributed by atoms with Crippen molar-refractivity contribution in [1.29, 1.82) is 0 Å². The van der Waals surface area contributed by atoms with E-state index < -0.39 is 5.91 Å². The van der Waals surface area contributed by atoms with E-state index >= 15 is 0 Å². The molecule has 1 aromatic carbocycles. The Kier molecular flexibility index (Phi) is 3.62. The van der Waals surface area contributed by atoms with Crippen molar-refractivity contribution in [2.24, 2.45) is 5.73 Å². The topological polar surface area (TPSA) is 72.9 Å². The number of amides is 1. The number of rotatable bonds is 5. The van der Waals surface area contributed by atoms with Crippen LogP contribution in [0.4, 0.5) is 5.69 Å². The first-order valence-electron chi connectivity index (χ1n) is 5.84. The Labute approximate surface area is 106 Å². The second-order valence-electron chi connectivity index (χ2n) is 3.92. The summed E-state index contributed by atoms with van der Waals surface area (Å²) in [5, 5.41) is 3.25. The first kappa shape index (κ1) is 12.2. The maximum absolute atomic E-state index is 10.9. The summed E-state index contributed by atoms with van der Waals surface area (Å²) in [6.45, 7) is 3.63. The zero-order valence-electron chi connectivity index (χ0n) is 10.3. The Hall–Kier alpha value is -2.30. The molecule has 5 heteroatoms. The molecule has 0 unspecified atom stereocenters. The predicted octanol–water partition coefficient (Wildman–Crippen LogP) is 1.61. The average Bonchev–Trinajstić information content (AvgIpc) is 2.84. The molecule has 3 N–H and O–H groups in total. The Morgan fingerprint density at radius 1 is 1.39 bits per heavy atom. The van der Waals surface area contributed by atoms with Crippen LogP contribution in [0.25, 0.3) is 0 Å². The van der Waals surface area contributed by atoms with Crippen molar-refractivity contribution in [1.82, 2.24) is 9.55 Å². The quantitative estimate of drug-likeness (QED) is 0.839. The molecule has 0 aliphatic carbocycles. The Balaban J connectivity index is 2.00. The number of hydrogen-bond donors (Lipinski definition) is 2. The van der Waals surface area contributed by atoms with Crippen LogP contribution < -0.4 is 11.1 Å². The van der Waals surface area contributed by atoms with E-state index in [1.165, 1.54) is 0 Å². The number of primary amides is 1. The van der Waals surface area contributed by atoms with Gasteiger partial charge in [0.2, 0.25) is 5.91 Å². The fourth-order valence-electron chi connectivity index (χ4n) is 1.73. The summed E-state index contributed by atoms with van der Waals surface area (Å²) < 4.78 is 2.07. The van der Waals surface area contributed by atoms with Crippen molar-refractivity contribution in [3.8, 4) is 0 Å². The lowest BCUT2D eigenvalue weighted by Crippen LogP contribution is -2.11. The van der Waals surface area contributed by atoms with Crippen LogP contribution in [0.15, 0.2) is 36.7 Å². The molecule has 18 heavy (non-hydrogen) atoms. The molecule has 1 amide bonds. The molecule has 0 aliphatic rings. The van der Waals surface area contributed by atoms with E-state index in [0.29, 0.717) is 12.1 Å². The highest BCUT2D eigenvalue weighted by atomic mass is 16.1. The summed E-state index contributed by atoms with van der Waals surface area (Å²) in [5.74, 6) is 0.569. The Morgan fingerprint density at radius 3 is 2.72 bits per heavy atom. The number of hydrogen-bond acceptors (Lipinski definition) is 3. The zero-order chi connectivity index (χ0) is 13.0. The first-order valence-corrected chi connectivity index (χ1v) is 5.84. The molecular formula is C13H16N4O. The van der Waals surface area contributed by atoms with Gasteiger partial charge in [0.1, 0.15) is 5.82 Å². The molecule has 0 atom stereocenters. The summed E-state index contributed by atoms with van der Waals surface area (Å²) >= 11 is 0. The van der Waals surface area contributed by atoms with E-state index in [1.54, 1.807) is 18.3 Å². The molecule has 1 aromatic heterocycles. The molecule has 2 rings (SSSR count). The van der Waals surface area contributed by atoms with Crippen LogP contribution in [0.1, 0.15) is 23.1 Å². The van der Waals surface area contributed by atoms with Crippen molar-refractivity contribution in [2.75, 3.05) is 5.32 Å². The minimum Gasteiger partial charge on any atom is -0.378 e. The number of benzene rings is 1. The number of imidazole rings is 1. The van der Waals surface area contributed by atoms with Crippen LogP contribution in [0.2, 0.25) is 0 Å². The lowest BCUT2D eigenvalue weighted by Gasteiger charge is -2.08. The van der Waals surface area contributed by atoms with Gasteiger partial charge in [-0.2, -0.15) is 0 Å². The predicted molar refractivity (Wildman–Crippen MR) is 70.2 cm³/mol. The van der Waals surface area contributed by atoms with Gasteiger partial charge >= 0.3 is 0 Å². The summed E-state index contributed by atoms with van der Waals surface area (Å²) in [5.41, 5.74) is 6.63. The van der Waals surface area contributed by atoms with Gasteiger partial charge in [-0.05, 0) is 31.2 Å². The van der Waals surface area contributed by atoms with E-state index in [0.717, 1.165) is 18.1 Å². The zero-order valence-corrected chi connectivity index (χ0v) is 10.3. The van der Waals surface area contributed by atoms with Crippen LogP contribution in [0, 0.1) is 0 Å². The number of carbonyl (C=O) groups is 1. The molecule has 0 saturated heterocycles. The second-order valence-corrected chi connectivity index (χ2v) is 3.92. The fourth-order valence-corrected chi connectivity index (χ4v) is 1.73. The number of nitrogens with zero attached hydrogens (tertiary/aromatic N) is 2. The maximum atomic E-state index is 10.9. The number of anilines is 1. The van der Waals surface area contributed by atoms with Gasteiger partial charge in [0.15, 0.2) is 0 Å². The van der Waals surface area contributed by atoms with Crippen molar-refractivity contribution >= 4 is 11.6 Å². The lowest BCUT2D eigenvalue weighted by atomic mass is 10.2. The maximum Gasteiger partial charge on any atom is 0.248 e. The van der Waals surface area contributed by atoms with Crippen molar-refractivity contribution < 1.29 is 4.79 Å². The van der Waals surface area contributed by atoms with Gasteiger partial charge in [0.05, 0.1) is 6.54 Å². The van der Waals surface area contributed by atoms with E-state index in [4.69, 9.17) is 5.73 Å². The molecule has 0 bridgehead atoms. The second kappa shape index (κ2) is 5.35. The molecule has 94 valence electrons. The number of nitrogens with one attached hydrogen (secondary N) is 1. The van der Waals surface area contributed by atoms with Gasteiger partial charge in [0, 0.05) is 30.2 Å². The normalized spacial score (nSPS) is 10.3. The summed E-state index contributed by atoms with van der Waals surface area (Å²) in [4.78, 5) is 15.2. The lowest BCUT2D eigenvalue weighted by molar-refractivity contribution is 0.100. The third-order valence-corrected chi connectivity index (χ3v) is 2.76. The van der Waals surface area contributed by atoms with E-state index in [9.17, 15) is 4.79 Å². The standard InChI is InChI=1S/C13H16N4O/c1-2-17-8-7-15-12(17)9-16-11-5-3-10(4-6-11)13(14)18/h3-8,16H,2,9H2,1H3,(H2,14,18). The molecule has 5 nitrogen and oxygen atoms in total. The summed E-state index contributed by atoms with van der Waals surface area (Å²) in [7, 11) is 0. The molecule has 0 spiro atoms.